The summed E-state index contributed by atoms with van der Waals surface area (Å²) in [5, 5.41) is 4.77. The summed E-state index contributed by atoms with van der Waals surface area (Å²) in [6.45, 7) is 0. The fraction of sp³-hybridized carbons (Fsp3) is 0. The second-order valence-corrected chi connectivity index (χ2v) is 4.04. The Bertz CT molecular complexity index is 575. The maximum atomic E-state index is 11.6. The van der Waals surface area contributed by atoms with Gasteiger partial charge in [-0.3, -0.25) is 4.79 Å². The minimum Gasteiger partial charge on any atom is -0.397 e. The van der Waals surface area contributed by atoms with Crippen LogP contribution in [0.4, 0.5) is 5.69 Å². The molecule has 4 nitrogen and oxygen atoms in total. The van der Waals surface area contributed by atoms with Crippen LogP contribution in [0.5, 0.6) is 0 Å². The Kier molecular flexibility index (Phi) is 2.85. The van der Waals surface area contributed by atoms with E-state index in [0.717, 1.165) is 0 Å². The maximum Gasteiger partial charge on any atom is 0.273 e. The van der Waals surface area contributed by atoms with Gasteiger partial charge in [0, 0.05) is 16.1 Å². The molecule has 0 aliphatic heterocycles. The van der Waals surface area contributed by atoms with Crippen LogP contribution in [-0.4, -0.2) is 9.78 Å². The molecule has 0 radical (unpaired) electrons. The molecule has 0 saturated carbocycles. The van der Waals surface area contributed by atoms with Gasteiger partial charge in [0.15, 0.2) is 0 Å². The monoisotopic (exact) mass is 255 g/mol. The molecule has 0 aliphatic rings. The van der Waals surface area contributed by atoms with E-state index in [1.807, 2.05) is 0 Å². The number of hydrogen-bond acceptors (Lipinski definition) is 3. The molecular weight excluding hydrogens is 249 g/mol. The van der Waals surface area contributed by atoms with E-state index in [1.54, 1.807) is 18.2 Å². The van der Waals surface area contributed by atoms with Crippen molar-refractivity contribution in [3.05, 3.63) is 50.9 Å². The standard InChI is InChI=1S/C10H7Cl2N3O/c11-6-1-7(12)3-9(2-6)15-10(16)4-8(13)5-14-15/h1-5H,13H2. The number of anilines is 1. The van der Waals surface area contributed by atoms with E-state index < -0.39 is 0 Å². The van der Waals surface area contributed by atoms with Crippen LogP contribution in [-0.2, 0) is 0 Å². The first-order chi connectivity index (χ1) is 7.56. The van der Waals surface area contributed by atoms with Crippen molar-refractivity contribution >= 4 is 28.9 Å². The third-order valence-electron chi connectivity index (χ3n) is 1.91. The molecule has 0 unspecified atom stereocenters. The zero-order chi connectivity index (χ0) is 11.7. The Hall–Kier alpha value is -1.52. The predicted molar refractivity (Wildman–Crippen MR) is 64.3 cm³/mol. The van der Waals surface area contributed by atoms with Crippen LogP contribution in [0.15, 0.2) is 35.3 Å². The Balaban J connectivity index is 2.63. The van der Waals surface area contributed by atoms with Crippen LogP contribution in [0.3, 0.4) is 0 Å². The van der Waals surface area contributed by atoms with Gasteiger partial charge in [0.2, 0.25) is 0 Å². The molecule has 1 aromatic carbocycles. The van der Waals surface area contributed by atoms with Gasteiger partial charge in [-0.15, -0.1) is 0 Å². The molecule has 0 atom stereocenters. The van der Waals surface area contributed by atoms with Gasteiger partial charge < -0.3 is 5.73 Å². The Morgan fingerprint density at radius 1 is 1.12 bits per heavy atom. The lowest BCUT2D eigenvalue weighted by Gasteiger charge is -2.05. The number of halogens is 2. The summed E-state index contributed by atoms with van der Waals surface area (Å²) in [7, 11) is 0. The molecule has 0 fully saturated rings. The molecule has 0 aliphatic carbocycles. The molecule has 1 heterocycles. The van der Waals surface area contributed by atoms with Gasteiger partial charge in [0.05, 0.1) is 17.6 Å². The van der Waals surface area contributed by atoms with Gasteiger partial charge in [-0.05, 0) is 18.2 Å². The number of nitrogens with two attached hydrogens (primary N) is 1. The fourth-order valence-electron chi connectivity index (χ4n) is 1.28. The topological polar surface area (TPSA) is 60.9 Å². The van der Waals surface area contributed by atoms with Crippen LogP contribution in [0.2, 0.25) is 10.0 Å². The van der Waals surface area contributed by atoms with E-state index in [0.29, 0.717) is 21.4 Å². The zero-order valence-electron chi connectivity index (χ0n) is 8.02. The van der Waals surface area contributed by atoms with Gasteiger partial charge in [0.25, 0.3) is 5.56 Å². The van der Waals surface area contributed by atoms with Crippen LogP contribution < -0.4 is 11.3 Å². The Labute approximate surface area is 101 Å². The average molecular weight is 256 g/mol. The molecule has 2 aromatic rings. The maximum absolute atomic E-state index is 11.6. The highest BCUT2D eigenvalue weighted by Crippen LogP contribution is 2.20. The van der Waals surface area contributed by atoms with E-state index in [9.17, 15) is 4.79 Å². The molecule has 6 heteroatoms. The van der Waals surface area contributed by atoms with Crippen LogP contribution in [0, 0.1) is 0 Å². The van der Waals surface area contributed by atoms with E-state index in [4.69, 9.17) is 28.9 Å². The number of nitrogen functional groups attached to an aromatic ring is 1. The van der Waals surface area contributed by atoms with Gasteiger partial charge in [-0.1, -0.05) is 23.2 Å². The lowest BCUT2D eigenvalue weighted by Crippen LogP contribution is -2.20. The van der Waals surface area contributed by atoms with Gasteiger partial charge in [-0.25, -0.2) is 0 Å². The molecule has 82 valence electrons. The van der Waals surface area contributed by atoms with Crippen molar-refractivity contribution in [3.8, 4) is 5.69 Å². The van der Waals surface area contributed by atoms with Crippen molar-refractivity contribution in [3.63, 3.8) is 0 Å². The summed E-state index contributed by atoms with van der Waals surface area (Å²) in [5.74, 6) is 0. The van der Waals surface area contributed by atoms with E-state index in [-0.39, 0.29) is 5.56 Å². The first-order valence-electron chi connectivity index (χ1n) is 4.37. The summed E-state index contributed by atoms with van der Waals surface area (Å²) in [5.41, 5.74) is 5.92. The van der Waals surface area contributed by atoms with Crippen molar-refractivity contribution in [2.24, 2.45) is 0 Å². The lowest BCUT2D eigenvalue weighted by atomic mass is 10.3. The van der Waals surface area contributed by atoms with Crippen LogP contribution >= 0.6 is 23.2 Å². The highest BCUT2D eigenvalue weighted by Gasteiger charge is 2.04. The van der Waals surface area contributed by atoms with E-state index in [1.165, 1.54) is 16.9 Å². The first kappa shape index (κ1) is 11.0. The van der Waals surface area contributed by atoms with Gasteiger partial charge in [0.1, 0.15) is 0 Å². The highest BCUT2D eigenvalue weighted by molar-refractivity contribution is 6.34. The number of hydrogen-bond donors (Lipinski definition) is 1. The number of aromatic nitrogens is 2. The number of rotatable bonds is 1. The molecule has 2 rings (SSSR count). The van der Waals surface area contributed by atoms with Crippen molar-refractivity contribution in [1.82, 2.24) is 9.78 Å². The summed E-state index contributed by atoms with van der Waals surface area (Å²) in [6, 6.07) is 6.05. The largest absolute Gasteiger partial charge is 0.397 e. The molecule has 0 bridgehead atoms. The molecule has 0 spiro atoms. The third-order valence-corrected chi connectivity index (χ3v) is 2.35. The molecule has 0 saturated heterocycles. The minimum absolute atomic E-state index is 0.314. The lowest BCUT2D eigenvalue weighted by molar-refractivity contribution is 0.809. The number of benzene rings is 1. The van der Waals surface area contributed by atoms with Crippen molar-refractivity contribution in [1.29, 1.82) is 0 Å². The highest BCUT2D eigenvalue weighted by atomic mass is 35.5. The van der Waals surface area contributed by atoms with Gasteiger partial charge in [-0.2, -0.15) is 9.78 Å². The van der Waals surface area contributed by atoms with Crippen molar-refractivity contribution in [2.45, 2.75) is 0 Å². The van der Waals surface area contributed by atoms with Gasteiger partial charge >= 0.3 is 0 Å². The molecule has 16 heavy (non-hydrogen) atoms. The second-order valence-electron chi connectivity index (χ2n) is 3.17. The third kappa shape index (κ3) is 2.18. The first-order valence-corrected chi connectivity index (χ1v) is 5.13. The summed E-state index contributed by atoms with van der Waals surface area (Å²) < 4.78 is 1.17. The van der Waals surface area contributed by atoms with E-state index in [2.05, 4.69) is 5.10 Å². The second kappa shape index (κ2) is 4.15. The number of nitrogens with zero attached hydrogens (tertiary/aromatic N) is 2. The van der Waals surface area contributed by atoms with Crippen molar-refractivity contribution in [2.75, 3.05) is 5.73 Å². The molecule has 2 N–H and O–H groups in total. The van der Waals surface area contributed by atoms with Crippen molar-refractivity contribution < 1.29 is 0 Å². The Morgan fingerprint density at radius 2 is 1.75 bits per heavy atom. The smallest absolute Gasteiger partial charge is 0.273 e. The Morgan fingerprint density at radius 3 is 2.31 bits per heavy atom. The van der Waals surface area contributed by atoms with Crippen LogP contribution in [0.1, 0.15) is 0 Å². The molecular formula is C10H7Cl2N3O. The zero-order valence-corrected chi connectivity index (χ0v) is 9.53. The quantitative estimate of drug-likeness (QED) is 0.850. The normalized spacial score (nSPS) is 10.4. The average Bonchev–Trinajstić information content (AvgIpc) is 2.15. The summed E-state index contributed by atoms with van der Waals surface area (Å²) >= 11 is 11.7. The molecule has 1 aromatic heterocycles. The predicted octanol–water partition coefficient (Wildman–Crippen LogP) is 2.12. The SMILES string of the molecule is Nc1cnn(-c2cc(Cl)cc(Cl)c2)c(=O)c1. The fourth-order valence-corrected chi connectivity index (χ4v) is 1.79. The summed E-state index contributed by atoms with van der Waals surface area (Å²) in [4.78, 5) is 11.6. The van der Waals surface area contributed by atoms with Crippen LogP contribution in [0.25, 0.3) is 5.69 Å². The summed E-state index contributed by atoms with van der Waals surface area (Å²) in [6.07, 6.45) is 1.39. The molecule has 0 amide bonds. The minimum atomic E-state index is -0.335. The van der Waals surface area contributed by atoms with E-state index >= 15 is 0 Å².